The molecular weight excluding hydrogens is 254 g/mol. The van der Waals surface area contributed by atoms with E-state index in [4.69, 9.17) is 14.2 Å². The number of hydrogen-bond acceptors (Lipinski definition) is 4. The average molecular weight is 281 g/mol. The molecule has 0 radical (unpaired) electrons. The minimum Gasteiger partial charge on any atom is -0.496 e. The van der Waals surface area contributed by atoms with Crippen molar-refractivity contribution in [2.45, 2.75) is 19.9 Å². The van der Waals surface area contributed by atoms with Crippen LogP contribution in [-0.2, 0) is 9.47 Å². The first kappa shape index (κ1) is 17.0. The van der Waals surface area contributed by atoms with Gasteiger partial charge in [0.05, 0.1) is 33.0 Å². The topological polar surface area (TPSA) is 39.7 Å². The van der Waals surface area contributed by atoms with Crippen LogP contribution >= 0.6 is 0 Å². The molecule has 0 aliphatic rings. The summed E-state index contributed by atoms with van der Waals surface area (Å²) in [7, 11) is 3.61. The highest BCUT2D eigenvalue weighted by molar-refractivity contribution is 5.35. The predicted molar refractivity (Wildman–Crippen MR) is 81.3 cm³/mol. The highest BCUT2D eigenvalue weighted by Gasteiger charge is 2.13. The summed E-state index contributed by atoms with van der Waals surface area (Å²) in [6.07, 6.45) is 0. The Balaban J connectivity index is 2.36. The second-order valence-corrected chi connectivity index (χ2v) is 5.13. The van der Waals surface area contributed by atoms with Crippen molar-refractivity contribution in [1.29, 1.82) is 0 Å². The van der Waals surface area contributed by atoms with Gasteiger partial charge in [-0.1, -0.05) is 32.0 Å². The van der Waals surface area contributed by atoms with Crippen LogP contribution in [0.3, 0.4) is 0 Å². The molecule has 0 amide bonds. The lowest BCUT2D eigenvalue weighted by molar-refractivity contribution is 0.0307. The molecule has 4 nitrogen and oxygen atoms in total. The van der Waals surface area contributed by atoms with Gasteiger partial charge in [0.2, 0.25) is 0 Å². The van der Waals surface area contributed by atoms with E-state index in [2.05, 4.69) is 25.2 Å². The molecule has 114 valence electrons. The van der Waals surface area contributed by atoms with Crippen molar-refractivity contribution in [3.8, 4) is 5.75 Å². The van der Waals surface area contributed by atoms with Crippen molar-refractivity contribution >= 4 is 0 Å². The van der Waals surface area contributed by atoms with Crippen LogP contribution < -0.4 is 10.1 Å². The molecule has 0 aliphatic carbocycles. The number of rotatable bonds is 10. The number of hydrogen-bond donors (Lipinski definition) is 1. The molecule has 1 N–H and O–H groups in total. The molecule has 0 heterocycles. The lowest BCUT2D eigenvalue weighted by atomic mass is 10.1. The Hall–Kier alpha value is -1.10. The van der Waals surface area contributed by atoms with E-state index in [1.165, 1.54) is 0 Å². The van der Waals surface area contributed by atoms with E-state index in [-0.39, 0.29) is 6.04 Å². The minimum atomic E-state index is 0.122. The molecular formula is C16H27NO3. The maximum Gasteiger partial charge on any atom is 0.123 e. The normalized spacial score (nSPS) is 12.7. The summed E-state index contributed by atoms with van der Waals surface area (Å²) in [4.78, 5) is 0. The Morgan fingerprint density at radius 1 is 1.05 bits per heavy atom. The van der Waals surface area contributed by atoms with Crippen LogP contribution in [0.4, 0.5) is 0 Å². The van der Waals surface area contributed by atoms with Gasteiger partial charge < -0.3 is 19.5 Å². The Bertz CT molecular complexity index is 368. The van der Waals surface area contributed by atoms with Crippen LogP contribution in [0.25, 0.3) is 0 Å². The molecule has 1 rings (SSSR count). The van der Waals surface area contributed by atoms with Gasteiger partial charge in [0.1, 0.15) is 5.75 Å². The lowest BCUT2D eigenvalue weighted by Gasteiger charge is -2.19. The highest BCUT2D eigenvalue weighted by Crippen LogP contribution is 2.24. The summed E-state index contributed by atoms with van der Waals surface area (Å²) in [6.45, 7) is 6.91. The monoisotopic (exact) mass is 281 g/mol. The summed E-state index contributed by atoms with van der Waals surface area (Å²) in [5.41, 5.74) is 1.11. The maximum absolute atomic E-state index is 5.68. The van der Waals surface area contributed by atoms with Crippen molar-refractivity contribution in [1.82, 2.24) is 5.32 Å². The molecule has 0 saturated heterocycles. The average Bonchev–Trinajstić information content (AvgIpc) is 2.46. The molecule has 0 aromatic heterocycles. The van der Waals surface area contributed by atoms with Gasteiger partial charge >= 0.3 is 0 Å². The molecule has 0 fully saturated rings. The molecule has 1 aromatic rings. The zero-order valence-corrected chi connectivity index (χ0v) is 13.0. The molecule has 1 atom stereocenters. The number of likely N-dealkylation sites (N-methyl/N-ethyl adjacent to an activating group) is 1. The standard InChI is InChI=1S/C16H27NO3/c1-13(2)11-19-9-10-20-12-15(17-3)14-7-5-6-8-16(14)18-4/h5-8,13,15,17H,9-12H2,1-4H3. The maximum atomic E-state index is 5.68. The molecule has 1 aromatic carbocycles. The van der Waals surface area contributed by atoms with Gasteiger partial charge in [-0.05, 0) is 19.0 Å². The summed E-state index contributed by atoms with van der Waals surface area (Å²) in [5.74, 6) is 1.44. The Morgan fingerprint density at radius 2 is 1.70 bits per heavy atom. The lowest BCUT2D eigenvalue weighted by Crippen LogP contribution is -2.23. The van der Waals surface area contributed by atoms with Crippen molar-refractivity contribution in [2.24, 2.45) is 5.92 Å². The minimum absolute atomic E-state index is 0.122. The summed E-state index contributed by atoms with van der Waals surface area (Å²) in [5, 5.41) is 3.26. The quantitative estimate of drug-likeness (QED) is 0.669. The SMILES string of the molecule is CNC(COCCOCC(C)C)c1ccccc1OC. The zero-order valence-electron chi connectivity index (χ0n) is 13.0. The fourth-order valence-corrected chi connectivity index (χ4v) is 1.92. The van der Waals surface area contributed by atoms with E-state index in [9.17, 15) is 0 Å². The number of nitrogens with one attached hydrogen (secondary N) is 1. The number of para-hydroxylation sites is 1. The van der Waals surface area contributed by atoms with Crippen molar-refractivity contribution in [3.63, 3.8) is 0 Å². The molecule has 0 bridgehead atoms. The van der Waals surface area contributed by atoms with E-state index >= 15 is 0 Å². The third-order valence-corrected chi connectivity index (χ3v) is 2.97. The Morgan fingerprint density at radius 3 is 2.30 bits per heavy atom. The largest absolute Gasteiger partial charge is 0.496 e. The van der Waals surface area contributed by atoms with Crippen LogP contribution in [0.5, 0.6) is 5.75 Å². The van der Waals surface area contributed by atoms with Crippen LogP contribution in [0.2, 0.25) is 0 Å². The van der Waals surface area contributed by atoms with Gasteiger partial charge in [-0.2, -0.15) is 0 Å². The first-order chi connectivity index (χ1) is 9.69. The number of ether oxygens (including phenoxy) is 3. The number of methoxy groups -OCH3 is 1. The third kappa shape index (κ3) is 5.90. The van der Waals surface area contributed by atoms with Crippen molar-refractivity contribution in [2.75, 3.05) is 40.6 Å². The molecule has 1 unspecified atom stereocenters. The van der Waals surface area contributed by atoms with E-state index < -0.39 is 0 Å². The summed E-state index contributed by atoms with van der Waals surface area (Å²) >= 11 is 0. The fraction of sp³-hybridized carbons (Fsp3) is 0.625. The van der Waals surface area contributed by atoms with Crippen LogP contribution in [0, 0.1) is 5.92 Å². The second kappa shape index (κ2) is 9.75. The molecule has 4 heteroatoms. The first-order valence-electron chi connectivity index (χ1n) is 7.14. The third-order valence-electron chi connectivity index (χ3n) is 2.97. The fourth-order valence-electron chi connectivity index (χ4n) is 1.92. The van der Waals surface area contributed by atoms with Gasteiger partial charge in [0.15, 0.2) is 0 Å². The van der Waals surface area contributed by atoms with E-state index in [1.807, 2.05) is 25.2 Å². The van der Waals surface area contributed by atoms with Gasteiger partial charge in [-0.25, -0.2) is 0 Å². The van der Waals surface area contributed by atoms with Crippen molar-refractivity contribution in [3.05, 3.63) is 29.8 Å². The molecule has 0 saturated carbocycles. The van der Waals surface area contributed by atoms with Gasteiger partial charge in [-0.15, -0.1) is 0 Å². The van der Waals surface area contributed by atoms with Crippen LogP contribution in [-0.4, -0.2) is 40.6 Å². The second-order valence-electron chi connectivity index (χ2n) is 5.13. The van der Waals surface area contributed by atoms with E-state index in [0.29, 0.717) is 25.7 Å². The Kier molecular flexibility index (Phi) is 8.26. The summed E-state index contributed by atoms with van der Waals surface area (Å²) < 4.78 is 16.5. The molecule has 20 heavy (non-hydrogen) atoms. The smallest absolute Gasteiger partial charge is 0.123 e. The van der Waals surface area contributed by atoms with Crippen LogP contribution in [0.1, 0.15) is 25.5 Å². The first-order valence-corrected chi connectivity index (χ1v) is 7.14. The zero-order chi connectivity index (χ0) is 14.8. The predicted octanol–water partition coefficient (Wildman–Crippen LogP) is 2.64. The molecule has 0 spiro atoms. The number of benzene rings is 1. The van der Waals surface area contributed by atoms with E-state index in [0.717, 1.165) is 17.9 Å². The van der Waals surface area contributed by atoms with Crippen LogP contribution in [0.15, 0.2) is 24.3 Å². The van der Waals surface area contributed by atoms with Crippen molar-refractivity contribution < 1.29 is 14.2 Å². The Labute approximate surface area is 122 Å². The van der Waals surface area contributed by atoms with E-state index in [1.54, 1.807) is 7.11 Å². The summed E-state index contributed by atoms with van der Waals surface area (Å²) in [6, 6.07) is 8.12. The van der Waals surface area contributed by atoms with Gasteiger partial charge in [-0.3, -0.25) is 0 Å². The highest BCUT2D eigenvalue weighted by atomic mass is 16.5. The van der Waals surface area contributed by atoms with Gasteiger partial charge in [0.25, 0.3) is 0 Å². The van der Waals surface area contributed by atoms with Gasteiger partial charge in [0, 0.05) is 12.2 Å². The molecule has 0 aliphatic heterocycles.